The van der Waals surface area contributed by atoms with Gasteiger partial charge in [-0.05, 0) is 199 Å². The number of likely N-dealkylation sites (N-methyl/N-ethyl adjacent to an activating group) is 2. The Balaban J connectivity index is 0.000000173. The number of hydrogen-bond acceptors (Lipinski definition) is 26. The first-order chi connectivity index (χ1) is 63.8. The summed E-state index contributed by atoms with van der Waals surface area (Å²) < 4.78 is 126. The van der Waals surface area contributed by atoms with Crippen LogP contribution < -0.4 is 28.9 Å². The highest BCUT2D eigenvalue weighted by molar-refractivity contribution is 7.90. The number of carbonyl (C=O) groups excluding carboxylic acids is 2. The van der Waals surface area contributed by atoms with Crippen molar-refractivity contribution in [3.05, 3.63) is 195 Å². The number of aliphatic carboxylic acids is 1. The molecule has 0 amide bonds. The molecule has 0 fully saturated rings. The van der Waals surface area contributed by atoms with Crippen LogP contribution in [-0.4, -0.2) is 223 Å². The van der Waals surface area contributed by atoms with Crippen molar-refractivity contribution in [2.24, 2.45) is 0 Å². The van der Waals surface area contributed by atoms with Crippen LogP contribution in [0.3, 0.4) is 0 Å². The SMILES string of the molecule is COC(=O)[C@@H](OC(C)(C)C)c1c(C)c2c3c(cc(C)n3CCN2c2ncc(OCCCS(C)(=O)=O)cn2)c1-c1ccc(C)cc1.COC(=O)[C@@H](OC(C)(C)C)c1c(C)c2c3c(cc(C)n3CCN2c2ncc(OCCN(C)S(C)(=O)=O)cn2)c1-c1ccc(C)cc1.Cc1ccc(-c2c([C@H](OC(C)(C)C)C(=O)O)c(C)c3c4c2cc(C)n4CCN3c2ncc(OCCN(C)S(C)(=O)=O)cn2)cc1. The van der Waals surface area contributed by atoms with Crippen molar-refractivity contribution in [3.63, 3.8) is 0 Å². The fraction of sp³-hybridized carbons (Fsp3) is 0.436. The van der Waals surface area contributed by atoms with Gasteiger partial charge in [0, 0.05) is 123 Å². The molecule has 3 aliphatic rings. The summed E-state index contributed by atoms with van der Waals surface area (Å²) in [6.07, 6.45) is 10.2. The van der Waals surface area contributed by atoms with Gasteiger partial charge in [-0.25, -0.2) is 78.2 Å². The van der Waals surface area contributed by atoms with E-state index in [1.165, 1.54) is 43.2 Å². The zero-order chi connectivity index (χ0) is 99.1. The Morgan fingerprint density at radius 3 is 0.919 bits per heavy atom. The van der Waals surface area contributed by atoms with Gasteiger partial charge < -0.3 is 71.4 Å². The maximum atomic E-state index is 13.5. The molecule has 6 aromatic heterocycles. The fourth-order valence-electron chi connectivity index (χ4n) is 17.7. The Hall–Kier alpha value is -12.0. The molecule has 136 heavy (non-hydrogen) atoms. The molecule has 6 aromatic carbocycles. The van der Waals surface area contributed by atoms with Crippen molar-refractivity contribution >= 4 is 115 Å². The van der Waals surface area contributed by atoms with Crippen molar-refractivity contribution in [1.29, 1.82) is 0 Å². The number of rotatable bonds is 30. The molecule has 1 N–H and O–H groups in total. The molecule has 726 valence electrons. The summed E-state index contributed by atoms with van der Waals surface area (Å²) in [5.41, 5.74) is 20.6. The number of nitrogens with zero attached hydrogens (tertiary/aromatic N) is 14. The minimum absolute atomic E-state index is 0.0560. The molecule has 0 saturated heterocycles. The molecule has 9 heterocycles. The zero-order valence-corrected chi connectivity index (χ0v) is 84.9. The molecule has 32 nitrogen and oxygen atoms in total. The molecular formula is C101H126N14O18S3. The zero-order valence-electron chi connectivity index (χ0n) is 82.4. The van der Waals surface area contributed by atoms with Crippen molar-refractivity contribution in [1.82, 2.24) is 52.2 Å². The van der Waals surface area contributed by atoms with Crippen LogP contribution in [0.5, 0.6) is 17.2 Å². The van der Waals surface area contributed by atoms with Gasteiger partial charge in [0.2, 0.25) is 37.9 Å². The molecule has 15 rings (SSSR count). The highest BCUT2D eigenvalue weighted by atomic mass is 32.2. The Labute approximate surface area is 797 Å². The van der Waals surface area contributed by atoms with Crippen molar-refractivity contribution in [2.45, 2.75) is 186 Å². The van der Waals surface area contributed by atoms with Crippen molar-refractivity contribution in [3.8, 4) is 50.6 Å². The number of carboxylic acids is 1. The number of benzene rings is 6. The third kappa shape index (κ3) is 22.5. The standard InChI is InChI=1S/C34H43N5O6S.C34H42N4O6S.C33H41N5O6S/c1-21-10-12-24(13-11-21)28-26-18-22(2)38-14-15-39(33-35-19-25(20-36-33)44-17-16-37(7)46(9,41)42)29(30(26)38)23(3)27(28)31(32(40)43-8)45-34(4,5)6;1-21-10-12-24(13-11-21)28-26-18-22(2)37-14-15-38(33-35-19-25(20-36-33)43-16-9-17-45(8,40)41)29(30(26)37)23(3)27(28)31(32(39)42-7)44-34(4,5)6;1-20-9-11-23(12-10-20)27-25-17-21(2)37-13-14-38(32-34-18-24(19-35-32)43-16-15-36(7)45(8,41)42)28(29(25)37)22(3)26(27)30(31(39)40)44-33(4,5)6/h10-13,18-20,31H,14-17H2,1-9H3;10-13,18-20,31H,9,14-17H2,1-8H3;9-12,17-19,30H,13-16H2,1-8H3,(H,39,40)/t2*31-;30-/m000/s1. The van der Waals surface area contributed by atoms with Crippen molar-refractivity contribution < 1.29 is 82.6 Å². The van der Waals surface area contributed by atoms with Gasteiger partial charge >= 0.3 is 17.9 Å². The summed E-state index contributed by atoms with van der Waals surface area (Å²) in [4.78, 5) is 74.0. The van der Waals surface area contributed by atoms with Gasteiger partial charge in [0.15, 0.2) is 35.6 Å². The number of esters is 2. The number of aromatic nitrogens is 9. The maximum absolute atomic E-state index is 13.5. The number of sulfonamides is 2. The van der Waals surface area contributed by atoms with Crippen LogP contribution in [0.2, 0.25) is 0 Å². The van der Waals surface area contributed by atoms with E-state index in [4.69, 9.17) is 37.9 Å². The second-order valence-corrected chi connectivity index (χ2v) is 44.4. The van der Waals surface area contributed by atoms with Crippen LogP contribution in [0, 0.1) is 62.3 Å². The molecule has 0 bridgehead atoms. The van der Waals surface area contributed by atoms with Gasteiger partial charge in [-0.1, -0.05) is 89.5 Å². The summed E-state index contributed by atoms with van der Waals surface area (Å²) in [6, 6.07) is 31.3. The first-order valence-electron chi connectivity index (χ1n) is 45.1. The highest BCUT2D eigenvalue weighted by Gasteiger charge is 2.42. The van der Waals surface area contributed by atoms with Crippen LogP contribution in [0.1, 0.15) is 154 Å². The number of anilines is 6. The van der Waals surface area contributed by atoms with E-state index in [0.717, 1.165) is 164 Å². The minimum atomic E-state index is -3.30. The second kappa shape index (κ2) is 40.4. The number of hydrogen-bond donors (Lipinski definition) is 1. The minimum Gasteiger partial charge on any atom is -0.490 e. The monoisotopic (exact) mass is 1920 g/mol. The molecule has 3 atom stereocenters. The molecule has 35 heteroatoms. The summed E-state index contributed by atoms with van der Waals surface area (Å²) in [5, 5.41) is 13.5. The van der Waals surface area contributed by atoms with Gasteiger partial charge in [0.25, 0.3) is 0 Å². The maximum Gasteiger partial charge on any atom is 0.339 e. The number of aryl methyl sites for hydroxylation is 6. The first kappa shape index (κ1) is 101. The quantitative estimate of drug-likeness (QED) is 0.0323. The predicted octanol–water partition coefficient (Wildman–Crippen LogP) is 16.9. The summed E-state index contributed by atoms with van der Waals surface area (Å²) in [5.74, 6) is 0.779. The van der Waals surface area contributed by atoms with E-state index in [1.807, 2.05) is 119 Å². The number of carbonyl (C=O) groups is 3. The van der Waals surface area contributed by atoms with Gasteiger partial charge in [-0.2, -0.15) is 0 Å². The molecule has 0 saturated carbocycles. The lowest BCUT2D eigenvalue weighted by Crippen LogP contribution is -2.32. The normalized spacial score (nSPS) is 14.2. The highest BCUT2D eigenvalue weighted by Crippen LogP contribution is 2.54. The average molecular weight is 1920 g/mol. The topological polar surface area (TPSA) is 356 Å². The van der Waals surface area contributed by atoms with Crippen LogP contribution in [-0.2, 0) is 87.6 Å². The Bertz CT molecular complexity index is 6830. The first-order valence-corrected chi connectivity index (χ1v) is 50.9. The van der Waals surface area contributed by atoms with Gasteiger partial charge in [0.1, 0.15) is 23.1 Å². The Kier molecular flexibility index (Phi) is 30.1. The van der Waals surface area contributed by atoms with Gasteiger partial charge in [-0.3, -0.25) is 0 Å². The van der Waals surface area contributed by atoms with E-state index in [0.29, 0.717) is 79.8 Å². The van der Waals surface area contributed by atoms with E-state index in [2.05, 4.69) is 155 Å². The van der Waals surface area contributed by atoms with E-state index in [-0.39, 0.29) is 38.7 Å². The van der Waals surface area contributed by atoms with Crippen LogP contribution in [0.15, 0.2) is 128 Å². The molecule has 3 aliphatic heterocycles. The molecule has 0 aliphatic carbocycles. The molecule has 12 aromatic rings. The molecule has 0 radical (unpaired) electrons. The van der Waals surface area contributed by atoms with E-state index < -0.39 is 82.9 Å². The summed E-state index contributed by atoms with van der Waals surface area (Å²) >= 11 is 0. The van der Waals surface area contributed by atoms with Gasteiger partial charge in [-0.15, -0.1) is 0 Å². The summed E-state index contributed by atoms with van der Waals surface area (Å²) in [6.45, 7) is 40.4. The van der Waals surface area contributed by atoms with Gasteiger partial charge in [0.05, 0.1) is 127 Å². The molecule has 0 unspecified atom stereocenters. The van der Waals surface area contributed by atoms with E-state index in [1.54, 1.807) is 37.2 Å². The number of sulfone groups is 1. The third-order valence-electron chi connectivity index (χ3n) is 24.2. The van der Waals surface area contributed by atoms with Crippen molar-refractivity contribution in [2.75, 3.05) is 120 Å². The third-order valence-corrected chi connectivity index (χ3v) is 27.8. The Morgan fingerprint density at radius 1 is 0.404 bits per heavy atom. The largest absolute Gasteiger partial charge is 0.490 e. The number of methoxy groups -OCH3 is 2. The van der Waals surface area contributed by atoms with Crippen LogP contribution in [0.4, 0.5) is 34.9 Å². The average Bonchev–Trinajstić information content (AvgIpc) is 1.50. The van der Waals surface area contributed by atoms with E-state index in [9.17, 15) is 44.7 Å². The lowest BCUT2D eigenvalue weighted by molar-refractivity contribution is -0.164. The second-order valence-electron chi connectivity index (χ2n) is 38.0. The molecule has 0 spiro atoms. The summed E-state index contributed by atoms with van der Waals surface area (Å²) in [7, 11) is -3.89. The van der Waals surface area contributed by atoms with Crippen LogP contribution in [0.25, 0.3) is 66.1 Å². The molecular weight excluding hydrogens is 1790 g/mol. The van der Waals surface area contributed by atoms with Crippen LogP contribution >= 0.6 is 0 Å². The Morgan fingerprint density at radius 2 is 0.669 bits per heavy atom. The lowest BCUT2D eigenvalue weighted by atomic mass is 9.87. The number of ether oxygens (including phenoxy) is 8. The van der Waals surface area contributed by atoms with E-state index >= 15 is 0 Å². The smallest absolute Gasteiger partial charge is 0.339 e. The number of carboxylic acid groups (broad SMARTS) is 1. The predicted molar refractivity (Wildman–Crippen MR) is 530 cm³/mol. The fourth-order valence-corrected chi connectivity index (χ4v) is 19.2. The lowest BCUT2D eigenvalue weighted by Gasteiger charge is -2.35.